The fourth-order valence-electron chi connectivity index (χ4n) is 5.61. The molecule has 5 aromatic rings. The molecule has 2 heterocycles. The predicted molar refractivity (Wildman–Crippen MR) is 148 cm³/mol. The number of fused-ring (bicyclic) bond motifs is 1. The Balaban J connectivity index is 1.71. The molecule has 2 atom stereocenters. The van der Waals surface area contributed by atoms with Crippen molar-refractivity contribution >= 4 is 5.69 Å². The van der Waals surface area contributed by atoms with E-state index in [9.17, 15) is 0 Å². The highest BCUT2D eigenvalue weighted by atomic mass is 16.3. The van der Waals surface area contributed by atoms with E-state index < -0.39 is 0 Å². The SMILES string of the molecule is CC1=CN(c2ccccc2)[C@H](c2ccccc2)c2c(-c3ccccc3)oc(C)c2[C@H]1c1ccccc1. The summed E-state index contributed by atoms with van der Waals surface area (Å²) >= 11 is 0. The Bertz CT molecular complexity index is 1480. The fraction of sp³-hybridized carbons (Fsp3) is 0.118. The van der Waals surface area contributed by atoms with Crippen molar-refractivity contribution in [2.75, 3.05) is 4.90 Å². The molecule has 176 valence electrons. The number of hydrogen-bond donors (Lipinski definition) is 0. The summed E-state index contributed by atoms with van der Waals surface area (Å²) in [6.07, 6.45) is 2.35. The summed E-state index contributed by atoms with van der Waals surface area (Å²) in [4.78, 5) is 2.42. The maximum atomic E-state index is 6.69. The van der Waals surface area contributed by atoms with Gasteiger partial charge in [0.15, 0.2) is 0 Å². The van der Waals surface area contributed by atoms with Crippen LogP contribution in [0.25, 0.3) is 11.3 Å². The van der Waals surface area contributed by atoms with Crippen LogP contribution in [-0.2, 0) is 0 Å². The number of nitrogens with zero attached hydrogens (tertiary/aromatic N) is 1. The van der Waals surface area contributed by atoms with E-state index in [1.807, 2.05) is 0 Å². The van der Waals surface area contributed by atoms with Gasteiger partial charge in [-0.15, -0.1) is 0 Å². The molecule has 2 nitrogen and oxygen atoms in total. The molecule has 1 aromatic heterocycles. The summed E-state index contributed by atoms with van der Waals surface area (Å²) in [7, 11) is 0. The molecule has 1 aliphatic heterocycles. The molecule has 36 heavy (non-hydrogen) atoms. The van der Waals surface area contributed by atoms with Crippen LogP contribution < -0.4 is 4.90 Å². The van der Waals surface area contributed by atoms with Crippen LogP contribution in [0.15, 0.2) is 138 Å². The summed E-state index contributed by atoms with van der Waals surface area (Å²) < 4.78 is 6.69. The average molecular weight is 468 g/mol. The van der Waals surface area contributed by atoms with Gasteiger partial charge in [0.2, 0.25) is 0 Å². The van der Waals surface area contributed by atoms with Crippen molar-refractivity contribution in [3.05, 3.63) is 161 Å². The third-order valence-corrected chi connectivity index (χ3v) is 7.15. The van der Waals surface area contributed by atoms with E-state index in [1.54, 1.807) is 0 Å². The van der Waals surface area contributed by atoms with Gasteiger partial charge in [0.1, 0.15) is 11.5 Å². The van der Waals surface area contributed by atoms with Crippen LogP contribution in [-0.4, -0.2) is 0 Å². The molecule has 1 aliphatic rings. The molecular weight excluding hydrogens is 438 g/mol. The zero-order chi connectivity index (χ0) is 24.5. The van der Waals surface area contributed by atoms with Crippen LogP contribution in [0.2, 0.25) is 0 Å². The van der Waals surface area contributed by atoms with E-state index in [1.165, 1.54) is 27.8 Å². The number of para-hydroxylation sites is 1. The van der Waals surface area contributed by atoms with Gasteiger partial charge in [0.25, 0.3) is 0 Å². The first-order valence-electron chi connectivity index (χ1n) is 12.5. The van der Waals surface area contributed by atoms with Gasteiger partial charge in [-0.25, -0.2) is 0 Å². The summed E-state index contributed by atoms with van der Waals surface area (Å²) in [5.41, 5.74) is 8.55. The molecule has 0 unspecified atom stereocenters. The number of allylic oxidation sites excluding steroid dienone is 1. The number of rotatable bonds is 4. The Morgan fingerprint density at radius 2 is 1.11 bits per heavy atom. The Labute approximate surface area is 213 Å². The van der Waals surface area contributed by atoms with Crippen molar-refractivity contribution < 1.29 is 4.42 Å². The van der Waals surface area contributed by atoms with Crippen molar-refractivity contribution in [3.63, 3.8) is 0 Å². The predicted octanol–water partition coefficient (Wildman–Crippen LogP) is 8.90. The molecule has 0 saturated carbocycles. The quantitative estimate of drug-likeness (QED) is 0.262. The van der Waals surface area contributed by atoms with Crippen molar-refractivity contribution in [2.45, 2.75) is 25.8 Å². The van der Waals surface area contributed by atoms with Crippen molar-refractivity contribution in [3.8, 4) is 11.3 Å². The molecule has 0 N–H and O–H groups in total. The monoisotopic (exact) mass is 467 g/mol. The van der Waals surface area contributed by atoms with E-state index in [2.05, 4.69) is 146 Å². The van der Waals surface area contributed by atoms with E-state index in [-0.39, 0.29) is 12.0 Å². The van der Waals surface area contributed by atoms with Crippen LogP contribution in [0, 0.1) is 6.92 Å². The zero-order valence-electron chi connectivity index (χ0n) is 20.6. The lowest BCUT2D eigenvalue weighted by atomic mass is 9.81. The van der Waals surface area contributed by atoms with Gasteiger partial charge in [0.05, 0.1) is 6.04 Å². The summed E-state index contributed by atoms with van der Waals surface area (Å²) in [5.74, 6) is 2.02. The lowest BCUT2D eigenvalue weighted by Crippen LogP contribution is -2.24. The van der Waals surface area contributed by atoms with Gasteiger partial charge in [-0.05, 0) is 42.7 Å². The highest BCUT2D eigenvalue weighted by Crippen LogP contribution is 2.50. The highest BCUT2D eigenvalue weighted by molar-refractivity contribution is 5.72. The van der Waals surface area contributed by atoms with Gasteiger partial charge < -0.3 is 9.32 Å². The lowest BCUT2D eigenvalue weighted by Gasteiger charge is -2.31. The second-order valence-electron chi connectivity index (χ2n) is 9.45. The maximum Gasteiger partial charge on any atom is 0.140 e. The highest BCUT2D eigenvalue weighted by Gasteiger charge is 2.38. The van der Waals surface area contributed by atoms with E-state index in [0.717, 1.165) is 22.8 Å². The van der Waals surface area contributed by atoms with Crippen molar-refractivity contribution in [2.24, 2.45) is 0 Å². The molecule has 2 heteroatoms. The maximum absolute atomic E-state index is 6.69. The summed E-state index contributed by atoms with van der Waals surface area (Å²) in [6, 6.07) is 42.8. The average Bonchev–Trinajstić information content (AvgIpc) is 3.19. The Kier molecular flexibility index (Phi) is 5.79. The molecule has 0 fully saturated rings. The second kappa shape index (κ2) is 9.39. The van der Waals surface area contributed by atoms with Crippen molar-refractivity contribution in [1.29, 1.82) is 0 Å². The minimum absolute atomic E-state index is 0.0417. The number of hydrogen-bond acceptors (Lipinski definition) is 2. The van der Waals surface area contributed by atoms with Gasteiger partial charge in [0, 0.05) is 34.5 Å². The molecular formula is C34H29NO. The fourth-order valence-corrected chi connectivity index (χ4v) is 5.61. The van der Waals surface area contributed by atoms with E-state index in [4.69, 9.17) is 4.42 Å². The molecule has 0 radical (unpaired) electrons. The molecule has 0 saturated heterocycles. The Morgan fingerprint density at radius 3 is 1.72 bits per heavy atom. The molecule has 0 aliphatic carbocycles. The zero-order valence-corrected chi connectivity index (χ0v) is 20.6. The number of aryl methyl sites for hydroxylation is 1. The first-order valence-corrected chi connectivity index (χ1v) is 12.5. The lowest BCUT2D eigenvalue weighted by molar-refractivity contribution is 0.539. The third kappa shape index (κ3) is 3.85. The first kappa shape index (κ1) is 22.2. The van der Waals surface area contributed by atoms with E-state index >= 15 is 0 Å². The van der Waals surface area contributed by atoms with Crippen LogP contribution >= 0.6 is 0 Å². The van der Waals surface area contributed by atoms with Crippen molar-refractivity contribution in [1.82, 2.24) is 0 Å². The largest absolute Gasteiger partial charge is 0.461 e. The number of anilines is 1. The van der Waals surface area contributed by atoms with E-state index in [0.29, 0.717) is 0 Å². The minimum Gasteiger partial charge on any atom is -0.461 e. The summed E-state index contributed by atoms with van der Waals surface area (Å²) in [6.45, 7) is 4.37. The Hall–Kier alpha value is -4.30. The smallest absolute Gasteiger partial charge is 0.140 e. The molecule has 0 spiro atoms. The topological polar surface area (TPSA) is 16.4 Å². The number of furan rings is 1. The van der Waals surface area contributed by atoms with Gasteiger partial charge >= 0.3 is 0 Å². The Morgan fingerprint density at radius 1 is 0.583 bits per heavy atom. The summed E-state index contributed by atoms with van der Waals surface area (Å²) in [5, 5.41) is 0. The minimum atomic E-state index is -0.0417. The van der Waals surface area contributed by atoms with Crippen LogP contribution in [0.1, 0.15) is 46.9 Å². The first-order chi connectivity index (χ1) is 17.7. The second-order valence-corrected chi connectivity index (χ2v) is 9.45. The van der Waals surface area contributed by atoms with Crippen LogP contribution in [0.3, 0.4) is 0 Å². The third-order valence-electron chi connectivity index (χ3n) is 7.15. The number of benzene rings is 4. The van der Waals surface area contributed by atoms with Gasteiger partial charge in [-0.1, -0.05) is 109 Å². The van der Waals surface area contributed by atoms with Crippen LogP contribution in [0.5, 0.6) is 0 Å². The molecule has 6 rings (SSSR count). The molecule has 0 amide bonds. The van der Waals surface area contributed by atoms with Crippen LogP contribution in [0.4, 0.5) is 5.69 Å². The standard InChI is InChI=1S/C34H29NO/c1-24-23-35(29-21-13-6-14-22-29)33(27-17-9-4-10-18-27)32-31(30(24)26-15-7-3-8-16-26)25(2)36-34(32)28-19-11-5-12-20-28/h3-23,30,33H,1-2H3/t30-,33-/m1/s1. The van der Waals surface area contributed by atoms with Gasteiger partial charge in [-0.3, -0.25) is 0 Å². The molecule has 0 bridgehead atoms. The molecule has 4 aromatic carbocycles. The normalized spacial score (nSPS) is 17.3. The van der Waals surface area contributed by atoms with Gasteiger partial charge in [-0.2, -0.15) is 0 Å².